The first-order valence-electron chi connectivity index (χ1n) is 10.0. The van der Waals surface area contributed by atoms with Crippen molar-refractivity contribution in [2.45, 2.75) is 32.5 Å². The molecule has 1 aliphatic rings. The number of carbonyl (C=O) groups excluding carboxylic acids is 1. The third-order valence-corrected chi connectivity index (χ3v) is 5.48. The molecule has 1 atom stereocenters. The second-order valence-corrected chi connectivity index (χ2v) is 7.78. The van der Waals surface area contributed by atoms with Crippen molar-refractivity contribution >= 4 is 17.5 Å². The van der Waals surface area contributed by atoms with Gasteiger partial charge in [0.25, 0.3) is 5.91 Å². The third-order valence-electron chi connectivity index (χ3n) is 5.23. The van der Waals surface area contributed by atoms with Crippen molar-refractivity contribution in [2.24, 2.45) is 0 Å². The van der Waals surface area contributed by atoms with Gasteiger partial charge in [-0.15, -0.1) is 0 Å². The first-order chi connectivity index (χ1) is 14.2. The fourth-order valence-corrected chi connectivity index (χ4v) is 3.91. The summed E-state index contributed by atoms with van der Waals surface area (Å²) in [4.78, 5) is 19.6. The lowest BCUT2D eigenvalue weighted by atomic mass is 10.0. The Labute approximate surface area is 176 Å². The van der Waals surface area contributed by atoms with Gasteiger partial charge >= 0.3 is 0 Å². The number of aromatic nitrogens is 2. The highest BCUT2D eigenvalue weighted by atomic mass is 35.5. The number of nitrogens with zero attached hydrogens (tertiary/aromatic N) is 3. The molecule has 0 saturated heterocycles. The van der Waals surface area contributed by atoms with Crippen molar-refractivity contribution in [3.8, 4) is 0 Å². The van der Waals surface area contributed by atoms with Crippen molar-refractivity contribution < 1.29 is 4.79 Å². The van der Waals surface area contributed by atoms with E-state index in [-0.39, 0.29) is 11.9 Å². The number of hydrogen-bond acceptors (Lipinski definition) is 3. The molecule has 3 aromatic rings. The normalized spacial score (nSPS) is 16.4. The van der Waals surface area contributed by atoms with Gasteiger partial charge in [-0.3, -0.25) is 9.69 Å². The SMILES string of the molecule is CCCNC(=O)c1cn2c(n1)C(c1ccccc1)N(Cc1ccc(Cl)cc1)CC2. The van der Waals surface area contributed by atoms with Crippen LogP contribution in [0.5, 0.6) is 0 Å². The van der Waals surface area contributed by atoms with Crippen LogP contribution in [-0.2, 0) is 13.1 Å². The van der Waals surface area contributed by atoms with Crippen LogP contribution < -0.4 is 5.32 Å². The molecule has 0 saturated carbocycles. The van der Waals surface area contributed by atoms with Crippen molar-refractivity contribution in [3.63, 3.8) is 0 Å². The molecule has 2 aromatic carbocycles. The van der Waals surface area contributed by atoms with Gasteiger partial charge in [0.1, 0.15) is 11.5 Å². The molecule has 4 rings (SSSR count). The van der Waals surface area contributed by atoms with Gasteiger partial charge in [-0.2, -0.15) is 0 Å². The number of carbonyl (C=O) groups is 1. The van der Waals surface area contributed by atoms with E-state index in [0.29, 0.717) is 12.2 Å². The van der Waals surface area contributed by atoms with E-state index in [1.807, 2.05) is 43.5 Å². The van der Waals surface area contributed by atoms with Crippen LogP contribution in [0, 0.1) is 0 Å². The van der Waals surface area contributed by atoms with Gasteiger partial charge < -0.3 is 9.88 Å². The van der Waals surface area contributed by atoms with E-state index < -0.39 is 0 Å². The molecule has 6 heteroatoms. The Kier molecular flexibility index (Phi) is 5.97. The van der Waals surface area contributed by atoms with E-state index in [1.54, 1.807) is 0 Å². The van der Waals surface area contributed by atoms with E-state index in [2.05, 4.69) is 39.0 Å². The van der Waals surface area contributed by atoms with E-state index in [0.717, 1.165) is 36.9 Å². The van der Waals surface area contributed by atoms with Crippen LogP contribution in [-0.4, -0.2) is 33.4 Å². The van der Waals surface area contributed by atoms with Crippen LogP contribution in [0.1, 0.15) is 46.8 Å². The molecule has 0 radical (unpaired) electrons. The topological polar surface area (TPSA) is 50.2 Å². The van der Waals surface area contributed by atoms with Crippen LogP contribution in [0.2, 0.25) is 5.02 Å². The zero-order valence-electron chi connectivity index (χ0n) is 16.5. The molecule has 1 aromatic heterocycles. The average Bonchev–Trinajstić information content (AvgIpc) is 3.18. The van der Waals surface area contributed by atoms with E-state index in [1.165, 1.54) is 11.1 Å². The summed E-state index contributed by atoms with van der Waals surface area (Å²) in [5.74, 6) is 0.808. The number of fused-ring (bicyclic) bond motifs is 1. The predicted molar refractivity (Wildman–Crippen MR) is 115 cm³/mol. The molecule has 1 N–H and O–H groups in total. The minimum absolute atomic E-state index is 0.00615. The van der Waals surface area contributed by atoms with Crippen LogP contribution in [0.15, 0.2) is 60.8 Å². The quantitative estimate of drug-likeness (QED) is 0.662. The molecule has 150 valence electrons. The van der Waals surface area contributed by atoms with E-state index >= 15 is 0 Å². The minimum Gasteiger partial charge on any atom is -0.351 e. The summed E-state index contributed by atoms with van der Waals surface area (Å²) in [5, 5.41) is 3.67. The van der Waals surface area contributed by atoms with Gasteiger partial charge in [0.05, 0.1) is 6.04 Å². The Hall–Kier alpha value is -2.63. The number of imidazole rings is 1. The Morgan fingerprint density at radius 2 is 1.90 bits per heavy atom. The van der Waals surface area contributed by atoms with Gasteiger partial charge in [0, 0.05) is 37.4 Å². The molecule has 2 heterocycles. The lowest BCUT2D eigenvalue weighted by Gasteiger charge is -2.36. The fraction of sp³-hybridized carbons (Fsp3) is 0.304. The highest BCUT2D eigenvalue weighted by molar-refractivity contribution is 6.30. The Morgan fingerprint density at radius 3 is 2.62 bits per heavy atom. The predicted octanol–water partition coefficient (Wildman–Crippen LogP) is 4.28. The molecule has 29 heavy (non-hydrogen) atoms. The maximum absolute atomic E-state index is 12.5. The highest BCUT2D eigenvalue weighted by Gasteiger charge is 2.32. The van der Waals surface area contributed by atoms with E-state index in [9.17, 15) is 4.79 Å². The molecule has 0 spiro atoms. The van der Waals surface area contributed by atoms with Crippen molar-refractivity contribution in [1.29, 1.82) is 0 Å². The lowest BCUT2D eigenvalue weighted by Crippen LogP contribution is -2.38. The number of benzene rings is 2. The fourth-order valence-electron chi connectivity index (χ4n) is 3.78. The molecule has 1 amide bonds. The Morgan fingerprint density at radius 1 is 1.14 bits per heavy atom. The van der Waals surface area contributed by atoms with Crippen LogP contribution in [0.25, 0.3) is 0 Å². The van der Waals surface area contributed by atoms with Gasteiger partial charge in [-0.05, 0) is 29.7 Å². The summed E-state index contributed by atoms with van der Waals surface area (Å²) in [6.45, 7) is 5.17. The van der Waals surface area contributed by atoms with Crippen molar-refractivity contribution in [3.05, 3.63) is 88.5 Å². The molecule has 0 aliphatic carbocycles. The zero-order chi connectivity index (χ0) is 20.2. The van der Waals surface area contributed by atoms with Gasteiger partial charge in [-0.1, -0.05) is 61.0 Å². The largest absolute Gasteiger partial charge is 0.351 e. The number of halogens is 1. The smallest absolute Gasteiger partial charge is 0.271 e. The third kappa shape index (κ3) is 4.36. The summed E-state index contributed by atoms with van der Waals surface area (Å²) in [7, 11) is 0. The highest BCUT2D eigenvalue weighted by Crippen LogP contribution is 2.32. The first kappa shape index (κ1) is 19.7. The standard InChI is InChI=1S/C23H25ClN4O/c1-2-12-25-23(29)20-16-28-14-13-27(15-17-8-10-19(24)11-9-17)21(22(28)26-20)18-6-4-3-5-7-18/h3-11,16,21H,2,12-15H2,1H3,(H,25,29). The Bertz CT molecular complexity index is 968. The van der Waals surface area contributed by atoms with Crippen molar-refractivity contribution in [2.75, 3.05) is 13.1 Å². The number of hydrogen-bond donors (Lipinski definition) is 1. The van der Waals surface area contributed by atoms with Crippen molar-refractivity contribution in [1.82, 2.24) is 19.8 Å². The molecule has 1 aliphatic heterocycles. The minimum atomic E-state index is -0.107. The monoisotopic (exact) mass is 408 g/mol. The van der Waals surface area contributed by atoms with Crippen LogP contribution in [0.3, 0.4) is 0 Å². The molecule has 0 bridgehead atoms. The number of nitrogens with one attached hydrogen (secondary N) is 1. The summed E-state index contributed by atoms with van der Waals surface area (Å²) in [5.41, 5.74) is 2.87. The Balaban J connectivity index is 1.67. The maximum Gasteiger partial charge on any atom is 0.271 e. The summed E-state index contributed by atoms with van der Waals surface area (Å²) < 4.78 is 2.12. The molecule has 5 nitrogen and oxygen atoms in total. The summed E-state index contributed by atoms with van der Waals surface area (Å²) >= 11 is 6.05. The average molecular weight is 409 g/mol. The number of rotatable bonds is 6. The molecular formula is C23H25ClN4O. The molecule has 0 fully saturated rings. The van der Waals surface area contributed by atoms with Crippen LogP contribution >= 0.6 is 11.6 Å². The summed E-state index contributed by atoms with van der Waals surface area (Å²) in [6.07, 6.45) is 2.79. The van der Waals surface area contributed by atoms with Crippen LogP contribution in [0.4, 0.5) is 0 Å². The second-order valence-electron chi connectivity index (χ2n) is 7.34. The lowest BCUT2D eigenvalue weighted by molar-refractivity contribution is 0.0949. The maximum atomic E-state index is 12.5. The number of amides is 1. The second kappa shape index (κ2) is 8.80. The van der Waals surface area contributed by atoms with E-state index in [4.69, 9.17) is 16.6 Å². The zero-order valence-corrected chi connectivity index (χ0v) is 17.3. The first-order valence-corrected chi connectivity index (χ1v) is 10.4. The molecular weight excluding hydrogens is 384 g/mol. The van der Waals surface area contributed by atoms with Gasteiger partial charge in [0.2, 0.25) is 0 Å². The summed E-state index contributed by atoms with van der Waals surface area (Å²) in [6, 6.07) is 18.3. The van der Waals surface area contributed by atoms with Gasteiger partial charge in [-0.25, -0.2) is 4.98 Å². The molecule has 1 unspecified atom stereocenters. The van der Waals surface area contributed by atoms with Gasteiger partial charge in [0.15, 0.2) is 0 Å².